The Hall–Kier alpha value is -1.92. The first-order valence-corrected chi connectivity index (χ1v) is 6.69. The van der Waals surface area contributed by atoms with Crippen molar-refractivity contribution in [3.63, 3.8) is 0 Å². The standard InChI is InChI=1S/C14H17N3O3/c1-7-9(4-5-20-7)12(15)8-2-3-10-11(6-8)17-14(19)13(18)16-10/h2-3,6-7,9,12H,4-5,15H2,1H3,(H,16,18)(H,17,19). The van der Waals surface area contributed by atoms with Crippen LogP contribution in [0.15, 0.2) is 27.8 Å². The van der Waals surface area contributed by atoms with Crippen molar-refractivity contribution < 1.29 is 4.74 Å². The quantitative estimate of drug-likeness (QED) is 0.700. The predicted molar refractivity (Wildman–Crippen MR) is 75.6 cm³/mol. The number of ether oxygens (including phenoxy) is 1. The fourth-order valence-corrected chi connectivity index (χ4v) is 2.81. The minimum absolute atomic E-state index is 0.135. The van der Waals surface area contributed by atoms with Gasteiger partial charge in [-0.3, -0.25) is 9.59 Å². The maximum absolute atomic E-state index is 11.4. The second-order valence-electron chi connectivity index (χ2n) is 5.27. The second-order valence-corrected chi connectivity index (χ2v) is 5.27. The van der Waals surface area contributed by atoms with Crippen molar-refractivity contribution in [2.45, 2.75) is 25.5 Å². The number of hydrogen-bond donors (Lipinski definition) is 3. The van der Waals surface area contributed by atoms with Gasteiger partial charge >= 0.3 is 11.1 Å². The van der Waals surface area contributed by atoms with Crippen LogP contribution in [0.2, 0.25) is 0 Å². The van der Waals surface area contributed by atoms with Gasteiger partial charge < -0.3 is 20.4 Å². The highest BCUT2D eigenvalue weighted by molar-refractivity contribution is 5.74. The molecule has 0 bridgehead atoms. The molecule has 0 aliphatic carbocycles. The third-order valence-corrected chi connectivity index (χ3v) is 4.03. The summed E-state index contributed by atoms with van der Waals surface area (Å²) in [6.07, 6.45) is 1.07. The van der Waals surface area contributed by atoms with Crippen LogP contribution in [0.4, 0.5) is 0 Å². The number of benzene rings is 1. The number of aromatic nitrogens is 2. The van der Waals surface area contributed by atoms with Crippen LogP contribution in [-0.4, -0.2) is 22.7 Å². The average molecular weight is 275 g/mol. The molecule has 0 amide bonds. The predicted octanol–water partition coefficient (Wildman–Crippen LogP) is 0.641. The van der Waals surface area contributed by atoms with Crippen LogP contribution in [0.1, 0.15) is 24.9 Å². The monoisotopic (exact) mass is 275 g/mol. The normalized spacial score (nSPS) is 24.1. The first-order chi connectivity index (χ1) is 9.56. The van der Waals surface area contributed by atoms with E-state index in [4.69, 9.17) is 10.5 Å². The number of rotatable bonds is 2. The Balaban J connectivity index is 2.02. The van der Waals surface area contributed by atoms with Gasteiger partial charge in [-0.05, 0) is 31.0 Å². The highest BCUT2D eigenvalue weighted by Crippen LogP contribution is 2.32. The molecule has 1 aliphatic heterocycles. The van der Waals surface area contributed by atoms with Gasteiger partial charge in [-0.2, -0.15) is 0 Å². The number of H-pyrrole nitrogens is 2. The Morgan fingerprint density at radius 2 is 1.95 bits per heavy atom. The average Bonchev–Trinajstić information content (AvgIpc) is 2.85. The summed E-state index contributed by atoms with van der Waals surface area (Å²) in [6, 6.07) is 5.32. The maximum atomic E-state index is 11.4. The van der Waals surface area contributed by atoms with Gasteiger partial charge in [-0.25, -0.2) is 0 Å². The summed E-state index contributed by atoms with van der Waals surface area (Å²) < 4.78 is 5.55. The number of hydrogen-bond acceptors (Lipinski definition) is 4. The van der Waals surface area contributed by atoms with Gasteiger partial charge in [-0.15, -0.1) is 0 Å². The smallest absolute Gasteiger partial charge is 0.314 e. The van der Waals surface area contributed by atoms with Crippen LogP contribution in [0.25, 0.3) is 11.0 Å². The number of nitrogens with one attached hydrogen (secondary N) is 2. The molecule has 20 heavy (non-hydrogen) atoms. The molecule has 1 saturated heterocycles. The molecule has 1 aliphatic rings. The first kappa shape index (κ1) is 13.1. The minimum atomic E-state index is -0.652. The van der Waals surface area contributed by atoms with E-state index < -0.39 is 11.1 Å². The molecule has 0 saturated carbocycles. The molecule has 6 nitrogen and oxygen atoms in total. The Bertz CT molecular complexity index is 749. The molecule has 3 rings (SSSR count). The van der Waals surface area contributed by atoms with Crippen molar-refractivity contribution in [2.75, 3.05) is 6.61 Å². The van der Waals surface area contributed by atoms with Crippen LogP contribution in [0.3, 0.4) is 0 Å². The van der Waals surface area contributed by atoms with Gasteiger partial charge in [0, 0.05) is 18.6 Å². The third kappa shape index (κ3) is 2.17. The molecule has 0 radical (unpaired) electrons. The maximum Gasteiger partial charge on any atom is 0.314 e. The Morgan fingerprint density at radius 3 is 2.60 bits per heavy atom. The Labute approximate surface area is 115 Å². The van der Waals surface area contributed by atoms with Crippen LogP contribution in [0, 0.1) is 5.92 Å². The molecule has 3 unspecified atom stereocenters. The molecule has 4 N–H and O–H groups in total. The summed E-state index contributed by atoms with van der Waals surface area (Å²) >= 11 is 0. The van der Waals surface area contributed by atoms with E-state index in [-0.39, 0.29) is 18.1 Å². The highest BCUT2D eigenvalue weighted by Gasteiger charge is 2.30. The van der Waals surface area contributed by atoms with Crippen molar-refractivity contribution in [2.24, 2.45) is 11.7 Å². The zero-order valence-electron chi connectivity index (χ0n) is 11.2. The second kappa shape index (κ2) is 4.88. The largest absolute Gasteiger partial charge is 0.378 e. The number of aromatic amines is 2. The fourth-order valence-electron chi connectivity index (χ4n) is 2.81. The number of nitrogens with two attached hydrogens (primary N) is 1. The molecule has 0 spiro atoms. The van der Waals surface area contributed by atoms with Gasteiger partial charge in [0.1, 0.15) is 0 Å². The van der Waals surface area contributed by atoms with Gasteiger partial charge in [0.05, 0.1) is 17.1 Å². The molecule has 2 aromatic rings. The fraction of sp³-hybridized carbons (Fsp3) is 0.429. The summed E-state index contributed by atoms with van der Waals surface area (Å²) in [4.78, 5) is 27.7. The first-order valence-electron chi connectivity index (χ1n) is 6.69. The van der Waals surface area contributed by atoms with E-state index in [0.29, 0.717) is 11.0 Å². The van der Waals surface area contributed by atoms with Crippen LogP contribution >= 0.6 is 0 Å². The highest BCUT2D eigenvalue weighted by atomic mass is 16.5. The van der Waals surface area contributed by atoms with Crippen LogP contribution in [0.5, 0.6) is 0 Å². The van der Waals surface area contributed by atoms with E-state index in [9.17, 15) is 9.59 Å². The minimum Gasteiger partial charge on any atom is -0.378 e. The SMILES string of the molecule is CC1OCCC1C(N)c1ccc2[nH]c(=O)c(=O)[nH]c2c1. The summed E-state index contributed by atoms with van der Waals surface area (Å²) in [5, 5.41) is 0. The summed E-state index contributed by atoms with van der Waals surface area (Å²) in [5.41, 5.74) is 7.13. The lowest BCUT2D eigenvalue weighted by molar-refractivity contribution is 0.0995. The van der Waals surface area contributed by atoms with Crippen molar-refractivity contribution >= 4 is 11.0 Å². The van der Waals surface area contributed by atoms with E-state index in [2.05, 4.69) is 9.97 Å². The zero-order valence-corrected chi connectivity index (χ0v) is 11.2. The van der Waals surface area contributed by atoms with E-state index in [1.807, 2.05) is 19.1 Å². The van der Waals surface area contributed by atoms with E-state index in [1.165, 1.54) is 0 Å². The van der Waals surface area contributed by atoms with Crippen molar-refractivity contribution in [1.29, 1.82) is 0 Å². The topological polar surface area (TPSA) is 101 Å². The molecule has 106 valence electrons. The van der Waals surface area contributed by atoms with E-state index >= 15 is 0 Å². The lowest BCUT2D eigenvalue weighted by Crippen LogP contribution is -2.29. The van der Waals surface area contributed by atoms with E-state index in [0.717, 1.165) is 18.6 Å². The van der Waals surface area contributed by atoms with Gasteiger partial charge in [0.25, 0.3) is 0 Å². The summed E-state index contributed by atoms with van der Waals surface area (Å²) in [6.45, 7) is 2.76. The Morgan fingerprint density at radius 1 is 1.25 bits per heavy atom. The molecular weight excluding hydrogens is 258 g/mol. The number of fused-ring (bicyclic) bond motifs is 1. The summed E-state index contributed by atoms with van der Waals surface area (Å²) in [5.74, 6) is 0.266. The van der Waals surface area contributed by atoms with Crippen molar-refractivity contribution in [3.05, 3.63) is 44.5 Å². The van der Waals surface area contributed by atoms with Crippen molar-refractivity contribution in [1.82, 2.24) is 9.97 Å². The summed E-state index contributed by atoms with van der Waals surface area (Å²) in [7, 11) is 0. The lowest BCUT2D eigenvalue weighted by atomic mass is 9.89. The molecule has 2 heterocycles. The lowest BCUT2D eigenvalue weighted by Gasteiger charge is -2.22. The molecule has 3 atom stereocenters. The zero-order chi connectivity index (χ0) is 14.3. The Kier molecular flexibility index (Phi) is 3.19. The van der Waals surface area contributed by atoms with Crippen LogP contribution < -0.4 is 16.9 Å². The van der Waals surface area contributed by atoms with E-state index in [1.54, 1.807) is 6.07 Å². The molecular formula is C14H17N3O3. The molecule has 1 aromatic carbocycles. The van der Waals surface area contributed by atoms with Gasteiger partial charge in [0.15, 0.2) is 0 Å². The molecule has 1 aromatic heterocycles. The molecule has 6 heteroatoms. The third-order valence-electron chi connectivity index (χ3n) is 4.03. The van der Waals surface area contributed by atoms with Gasteiger partial charge in [-0.1, -0.05) is 6.07 Å². The van der Waals surface area contributed by atoms with Crippen molar-refractivity contribution in [3.8, 4) is 0 Å². The van der Waals surface area contributed by atoms with Gasteiger partial charge in [0.2, 0.25) is 0 Å². The molecule has 1 fully saturated rings. The van der Waals surface area contributed by atoms with Crippen LogP contribution in [-0.2, 0) is 4.74 Å².